The van der Waals surface area contributed by atoms with Crippen LogP contribution in [0.5, 0.6) is 5.75 Å². The molecule has 0 aliphatic rings. The Hall–Kier alpha value is -4.08. The van der Waals surface area contributed by atoms with Gasteiger partial charge in [-0.2, -0.15) is 5.10 Å². The van der Waals surface area contributed by atoms with Gasteiger partial charge in [-0.1, -0.05) is 77.5 Å². The Kier molecular flexibility index (Phi) is 7.59. The number of nitrogens with one attached hydrogen (secondary N) is 2. The molecule has 2 amide bonds. The molecular formula is C24H18ClN5O3S. The van der Waals surface area contributed by atoms with E-state index in [1.165, 1.54) is 6.21 Å². The van der Waals surface area contributed by atoms with Gasteiger partial charge in [0.05, 0.1) is 6.21 Å². The number of aromatic nitrogens is 2. The SMILES string of the molecule is O=C(N/N=C/c1ccccc1OCc1ccc(Cl)cc1)C(=O)Nc1nnc(-c2ccccc2)s1. The Morgan fingerprint density at radius 3 is 2.47 bits per heavy atom. The molecule has 0 saturated heterocycles. The number of hydrogen-bond donors (Lipinski definition) is 2. The molecule has 4 aromatic rings. The Morgan fingerprint density at radius 1 is 0.941 bits per heavy atom. The summed E-state index contributed by atoms with van der Waals surface area (Å²) in [5, 5.41) is 15.7. The van der Waals surface area contributed by atoms with E-state index in [4.69, 9.17) is 16.3 Å². The Morgan fingerprint density at radius 2 is 1.68 bits per heavy atom. The fourth-order valence-electron chi connectivity index (χ4n) is 2.80. The van der Waals surface area contributed by atoms with Crippen LogP contribution >= 0.6 is 22.9 Å². The highest BCUT2D eigenvalue weighted by atomic mass is 35.5. The normalized spacial score (nSPS) is 10.7. The highest BCUT2D eigenvalue weighted by Crippen LogP contribution is 2.25. The van der Waals surface area contributed by atoms with Crippen LogP contribution in [0.3, 0.4) is 0 Å². The number of carbonyl (C=O) groups is 2. The molecule has 0 radical (unpaired) electrons. The molecule has 8 nitrogen and oxygen atoms in total. The van der Waals surface area contributed by atoms with Crippen molar-refractivity contribution in [2.75, 3.05) is 5.32 Å². The lowest BCUT2D eigenvalue weighted by atomic mass is 10.2. The fourth-order valence-corrected chi connectivity index (χ4v) is 3.67. The fraction of sp³-hybridized carbons (Fsp3) is 0.0417. The van der Waals surface area contributed by atoms with Crippen LogP contribution in [0.4, 0.5) is 5.13 Å². The predicted molar refractivity (Wildman–Crippen MR) is 132 cm³/mol. The van der Waals surface area contributed by atoms with Crippen molar-refractivity contribution in [1.29, 1.82) is 0 Å². The van der Waals surface area contributed by atoms with E-state index >= 15 is 0 Å². The first-order chi connectivity index (χ1) is 16.6. The van der Waals surface area contributed by atoms with Crippen molar-refractivity contribution in [1.82, 2.24) is 15.6 Å². The molecule has 10 heteroatoms. The number of benzene rings is 3. The number of hydrogen-bond acceptors (Lipinski definition) is 7. The van der Waals surface area contributed by atoms with Gasteiger partial charge in [0.2, 0.25) is 5.13 Å². The molecule has 170 valence electrons. The maximum absolute atomic E-state index is 12.2. The van der Waals surface area contributed by atoms with Crippen LogP contribution in [0.25, 0.3) is 10.6 Å². The van der Waals surface area contributed by atoms with Crippen molar-refractivity contribution in [2.45, 2.75) is 6.61 Å². The van der Waals surface area contributed by atoms with Gasteiger partial charge in [0.25, 0.3) is 0 Å². The van der Waals surface area contributed by atoms with E-state index in [0.717, 1.165) is 22.5 Å². The Bertz CT molecular complexity index is 1310. The van der Waals surface area contributed by atoms with Gasteiger partial charge in [-0.05, 0) is 29.8 Å². The van der Waals surface area contributed by atoms with E-state index in [0.29, 0.717) is 28.0 Å². The molecule has 34 heavy (non-hydrogen) atoms. The third kappa shape index (κ3) is 6.25. The van der Waals surface area contributed by atoms with Gasteiger partial charge in [0.1, 0.15) is 17.4 Å². The van der Waals surface area contributed by atoms with Crippen molar-refractivity contribution in [3.63, 3.8) is 0 Å². The average Bonchev–Trinajstić information content (AvgIpc) is 3.33. The number of ether oxygens (including phenoxy) is 1. The second kappa shape index (κ2) is 11.2. The lowest BCUT2D eigenvalue weighted by molar-refractivity contribution is -0.136. The zero-order valence-electron chi connectivity index (χ0n) is 17.6. The number of hydrazone groups is 1. The topological polar surface area (TPSA) is 106 Å². The van der Waals surface area contributed by atoms with Crippen LogP contribution in [0.2, 0.25) is 5.02 Å². The molecule has 0 atom stereocenters. The van der Waals surface area contributed by atoms with E-state index in [9.17, 15) is 9.59 Å². The van der Waals surface area contributed by atoms with Gasteiger partial charge in [0.15, 0.2) is 0 Å². The highest BCUT2D eigenvalue weighted by molar-refractivity contribution is 7.18. The van der Waals surface area contributed by atoms with Crippen LogP contribution in [-0.4, -0.2) is 28.2 Å². The van der Waals surface area contributed by atoms with E-state index < -0.39 is 11.8 Å². The quantitative estimate of drug-likeness (QED) is 0.224. The van der Waals surface area contributed by atoms with Gasteiger partial charge < -0.3 is 4.74 Å². The number of nitrogens with zero attached hydrogens (tertiary/aromatic N) is 3. The molecule has 0 spiro atoms. The summed E-state index contributed by atoms with van der Waals surface area (Å²) in [4.78, 5) is 24.3. The standard InChI is InChI=1S/C24H18ClN5O3S/c25-19-12-10-16(11-13-19)15-33-20-9-5-4-8-18(20)14-26-28-22(32)21(31)27-24-30-29-23(34-24)17-6-2-1-3-7-17/h1-14H,15H2,(H,28,32)(H,27,30,31)/b26-14+. The lowest BCUT2D eigenvalue weighted by Crippen LogP contribution is -2.32. The van der Waals surface area contributed by atoms with Crippen LogP contribution < -0.4 is 15.5 Å². The van der Waals surface area contributed by atoms with Gasteiger partial charge in [0, 0.05) is 16.1 Å². The predicted octanol–water partition coefficient (Wildman–Crippen LogP) is 4.53. The summed E-state index contributed by atoms with van der Waals surface area (Å²) in [5.41, 5.74) is 4.65. The summed E-state index contributed by atoms with van der Waals surface area (Å²) in [6, 6.07) is 23.9. The number of halogens is 1. The third-order valence-corrected chi connectivity index (χ3v) is 5.61. The number of rotatable bonds is 7. The minimum absolute atomic E-state index is 0.212. The van der Waals surface area contributed by atoms with Crippen molar-refractivity contribution in [3.8, 4) is 16.3 Å². The molecule has 0 unspecified atom stereocenters. The third-order valence-electron chi connectivity index (χ3n) is 4.47. The molecule has 3 aromatic carbocycles. The van der Waals surface area contributed by atoms with E-state index in [1.807, 2.05) is 54.6 Å². The summed E-state index contributed by atoms with van der Waals surface area (Å²) in [6.07, 6.45) is 1.40. The highest BCUT2D eigenvalue weighted by Gasteiger charge is 2.16. The maximum atomic E-state index is 12.2. The minimum atomic E-state index is -0.938. The maximum Gasteiger partial charge on any atom is 0.329 e. The van der Waals surface area contributed by atoms with Crippen molar-refractivity contribution >= 4 is 46.1 Å². The first-order valence-corrected chi connectivity index (χ1v) is 11.3. The van der Waals surface area contributed by atoms with E-state index in [-0.39, 0.29) is 5.13 Å². The molecule has 0 fully saturated rings. The molecular weight excluding hydrogens is 474 g/mol. The van der Waals surface area contributed by atoms with Crippen LogP contribution in [0, 0.1) is 0 Å². The van der Waals surface area contributed by atoms with Gasteiger partial charge in [-0.15, -0.1) is 10.2 Å². The number of carbonyl (C=O) groups excluding carboxylic acids is 2. The first kappa shape index (κ1) is 23.1. The van der Waals surface area contributed by atoms with E-state index in [2.05, 4.69) is 26.0 Å². The van der Waals surface area contributed by atoms with Crippen molar-refractivity contribution < 1.29 is 14.3 Å². The van der Waals surface area contributed by atoms with Crippen LogP contribution in [0.15, 0.2) is 84.0 Å². The van der Waals surface area contributed by atoms with Crippen LogP contribution in [0.1, 0.15) is 11.1 Å². The molecule has 0 aliphatic carbocycles. The molecule has 1 heterocycles. The zero-order chi connectivity index (χ0) is 23.8. The Balaban J connectivity index is 1.32. The van der Waals surface area contributed by atoms with Crippen molar-refractivity contribution in [2.24, 2.45) is 5.10 Å². The molecule has 1 aromatic heterocycles. The van der Waals surface area contributed by atoms with Gasteiger partial charge in [-0.3, -0.25) is 14.9 Å². The molecule has 4 rings (SSSR count). The lowest BCUT2D eigenvalue weighted by Gasteiger charge is -2.09. The van der Waals surface area contributed by atoms with Crippen LogP contribution in [-0.2, 0) is 16.2 Å². The first-order valence-electron chi connectivity index (χ1n) is 10.1. The summed E-state index contributed by atoms with van der Waals surface area (Å²) in [6.45, 7) is 0.337. The second-order valence-corrected chi connectivity index (χ2v) is 8.30. The Labute approximate surface area is 204 Å². The smallest absolute Gasteiger partial charge is 0.329 e. The molecule has 0 saturated carbocycles. The summed E-state index contributed by atoms with van der Waals surface area (Å²) in [7, 11) is 0. The zero-order valence-corrected chi connectivity index (χ0v) is 19.2. The summed E-state index contributed by atoms with van der Waals surface area (Å²) < 4.78 is 5.85. The number of amides is 2. The van der Waals surface area contributed by atoms with Gasteiger partial charge >= 0.3 is 11.8 Å². The monoisotopic (exact) mass is 491 g/mol. The summed E-state index contributed by atoms with van der Waals surface area (Å²) >= 11 is 7.07. The molecule has 0 bridgehead atoms. The number of para-hydroxylation sites is 1. The van der Waals surface area contributed by atoms with E-state index in [1.54, 1.807) is 24.3 Å². The van der Waals surface area contributed by atoms with Crippen molar-refractivity contribution in [3.05, 3.63) is 95.0 Å². The molecule has 2 N–H and O–H groups in total. The minimum Gasteiger partial charge on any atom is -0.488 e. The summed E-state index contributed by atoms with van der Waals surface area (Å²) in [5.74, 6) is -1.27. The second-order valence-electron chi connectivity index (χ2n) is 6.88. The van der Waals surface area contributed by atoms with Gasteiger partial charge in [-0.25, -0.2) is 5.43 Å². The average molecular weight is 492 g/mol. The number of anilines is 1. The largest absolute Gasteiger partial charge is 0.488 e. The molecule has 0 aliphatic heterocycles.